The molecule has 0 heterocycles. The molecule has 0 radical (unpaired) electrons. The maximum Gasteiger partial charge on any atom is 0.129 e. The molecule has 0 unspecified atom stereocenters. The van der Waals surface area contributed by atoms with Gasteiger partial charge in [0.1, 0.15) is 5.66 Å². The van der Waals surface area contributed by atoms with Crippen molar-refractivity contribution in [3.63, 3.8) is 0 Å². The third-order valence-electron chi connectivity index (χ3n) is 5.07. The molecular weight excluding hydrogens is 326 g/mol. The second-order valence-electron chi connectivity index (χ2n) is 7.73. The van der Waals surface area contributed by atoms with E-state index < -0.39 is 0 Å². The normalized spacial score (nSPS) is 23.8. The molecule has 1 N–H and O–H groups in total. The number of allylic oxidation sites excluding steroid dienone is 2. The highest BCUT2D eigenvalue weighted by Gasteiger charge is 2.21. The Hall–Kier alpha value is -0.350. The van der Waals surface area contributed by atoms with E-state index >= 15 is 0 Å². The zero-order valence-electron chi connectivity index (χ0n) is 16.9. The summed E-state index contributed by atoms with van der Waals surface area (Å²) in [5, 5.41) is 13.1. The van der Waals surface area contributed by atoms with Crippen LogP contribution < -0.4 is 5.32 Å². The second kappa shape index (κ2) is 13.8. The van der Waals surface area contributed by atoms with E-state index in [-0.39, 0.29) is 5.66 Å². The summed E-state index contributed by atoms with van der Waals surface area (Å²) in [4.78, 5) is 1.16. The topological polar surface area (TPSA) is 36.8 Å². The molecule has 0 aromatic carbocycles. The predicted molar refractivity (Wildman–Crippen MR) is 113 cm³/mol. The Morgan fingerprint density at radius 2 is 1.52 bits per heavy atom. The van der Waals surface area contributed by atoms with Crippen molar-refractivity contribution in [2.24, 2.45) is 10.2 Å². The van der Waals surface area contributed by atoms with Crippen molar-refractivity contribution in [2.75, 3.05) is 6.54 Å². The summed E-state index contributed by atoms with van der Waals surface area (Å²) < 4.78 is 0. The van der Waals surface area contributed by atoms with Gasteiger partial charge in [0.15, 0.2) is 0 Å². The molecule has 0 spiro atoms. The monoisotopic (exact) mass is 367 g/mol. The van der Waals surface area contributed by atoms with E-state index in [0.717, 1.165) is 42.8 Å². The third-order valence-corrected chi connectivity index (χ3v) is 5.56. The molecule has 0 fully saturated rings. The Morgan fingerprint density at radius 1 is 0.920 bits per heavy atom. The number of unbranched alkanes of at least 4 members (excludes halogenated alkanes) is 1. The first-order valence-corrected chi connectivity index (χ1v) is 11.1. The fourth-order valence-corrected chi connectivity index (χ4v) is 3.72. The first-order chi connectivity index (χ1) is 12.1. The summed E-state index contributed by atoms with van der Waals surface area (Å²) in [6, 6.07) is 0. The molecule has 0 aliphatic heterocycles. The van der Waals surface area contributed by atoms with Crippen molar-refractivity contribution in [1.29, 1.82) is 0 Å². The molecule has 4 heteroatoms. The van der Waals surface area contributed by atoms with Gasteiger partial charge in [0.2, 0.25) is 0 Å². The maximum absolute atomic E-state index is 4.79. The van der Waals surface area contributed by atoms with Gasteiger partial charge in [-0.25, -0.2) is 0 Å². The minimum Gasteiger partial charge on any atom is -0.292 e. The summed E-state index contributed by atoms with van der Waals surface area (Å²) in [5.74, 6) is 0. The number of thiol groups is 1. The van der Waals surface area contributed by atoms with Gasteiger partial charge in [-0.05, 0) is 52.0 Å². The van der Waals surface area contributed by atoms with Gasteiger partial charge in [-0.15, -0.1) is 12.6 Å². The lowest BCUT2D eigenvalue weighted by Gasteiger charge is -2.25. The van der Waals surface area contributed by atoms with Gasteiger partial charge in [-0.3, -0.25) is 5.32 Å². The molecule has 146 valence electrons. The average molecular weight is 368 g/mol. The van der Waals surface area contributed by atoms with E-state index in [1.54, 1.807) is 0 Å². The molecule has 1 aliphatic rings. The first-order valence-electron chi connectivity index (χ1n) is 10.7. The fraction of sp³-hybridized carbons (Fsp3) is 0.905. The van der Waals surface area contributed by atoms with Crippen LogP contribution >= 0.6 is 12.6 Å². The van der Waals surface area contributed by atoms with Crippen LogP contribution in [0.5, 0.6) is 0 Å². The Labute approximate surface area is 161 Å². The van der Waals surface area contributed by atoms with Gasteiger partial charge in [0.05, 0.1) is 5.70 Å². The highest BCUT2D eigenvalue weighted by Crippen LogP contribution is 2.26. The van der Waals surface area contributed by atoms with Crippen LogP contribution in [-0.2, 0) is 0 Å². The molecule has 0 bridgehead atoms. The van der Waals surface area contributed by atoms with E-state index in [1.807, 2.05) is 0 Å². The maximum atomic E-state index is 4.79. The average Bonchev–Trinajstić information content (AvgIpc) is 2.58. The predicted octanol–water partition coefficient (Wildman–Crippen LogP) is 7.40. The standard InChI is InChI=1S/C21H41N3S/c1-4-6-18-22-21(3,17-5-2)24-23-19-15-13-11-9-7-8-10-12-14-16-20(19)25/h22,25H,4-18H2,1-3H3/b20-19-,24-23?/t21-/m1/s1. The minimum atomic E-state index is -0.241. The van der Waals surface area contributed by atoms with Gasteiger partial charge in [-0.1, -0.05) is 65.2 Å². The van der Waals surface area contributed by atoms with Crippen molar-refractivity contribution < 1.29 is 0 Å². The van der Waals surface area contributed by atoms with Crippen LogP contribution in [0.25, 0.3) is 0 Å². The van der Waals surface area contributed by atoms with E-state index in [4.69, 9.17) is 22.9 Å². The van der Waals surface area contributed by atoms with Crippen molar-refractivity contribution in [2.45, 2.75) is 116 Å². The zero-order valence-corrected chi connectivity index (χ0v) is 17.8. The number of rotatable bonds is 8. The fourth-order valence-electron chi connectivity index (χ4n) is 3.41. The molecule has 0 amide bonds. The number of hydrogen-bond donors (Lipinski definition) is 2. The van der Waals surface area contributed by atoms with Crippen LogP contribution in [0, 0.1) is 0 Å². The molecule has 0 aromatic rings. The van der Waals surface area contributed by atoms with Gasteiger partial charge >= 0.3 is 0 Å². The molecule has 0 saturated heterocycles. The second-order valence-corrected chi connectivity index (χ2v) is 8.27. The molecule has 1 rings (SSSR count). The van der Waals surface area contributed by atoms with Crippen LogP contribution in [0.15, 0.2) is 20.8 Å². The van der Waals surface area contributed by atoms with E-state index in [1.165, 1.54) is 64.2 Å². The van der Waals surface area contributed by atoms with Crippen molar-refractivity contribution >= 4 is 12.6 Å². The molecule has 0 aromatic heterocycles. The van der Waals surface area contributed by atoms with Gasteiger partial charge < -0.3 is 0 Å². The van der Waals surface area contributed by atoms with Crippen LogP contribution in [-0.4, -0.2) is 12.2 Å². The first kappa shape index (κ1) is 22.7. The highest BCUT2D eigenvalue weighted by atomic mass is 32.1. The number of nitrogens with one attached hydrogen (secondary N) is 1. The summed E-state index contributed by atoms with van der Waals surface area (Å²) in [7, 11) is 0. The molecule has 3 nitrogen and oxygen atoms in total. The van der Waals surface area contributed by atoms with Crippen LogP contribution in [0.2, 0.25) is 0 Å². The molecule has 1 aliphatic carbocycles. The summed E-state index contributed by atoms with van der Waals surface area (Å²) in [6.45, 7) is 7.64. The number of nitrogens with zero attached hydrogens (tertiary/aromatic N) is 2. The van der Waals surface area contributed by atoms with Crippen molar-refractivity contribution in [3.8, 4) is 0 Å². The third kappa shape index (κ3) is 10.4. The van der Waals surface area contributed by atoms with Crippen LogP contribution in [0.1, 0.15) is 111 Å². The lowest BCUT2D eigenvalue weighted by Crippen LogP contribution is -2.40. The Bertz CT molecular complexity index is 406. The smallest absolute Gasteiger partial charge is 0.129 e. The van der Waals surface area contributed by atoms with Crippen LogP contribution in [0.4, 0.5) is 0 Å². The molecule has 1 atom stereocenters. The lowest BCUT2D eigenvalue weighted by molar-refractivity contribution is 0.324. The molecule has 25 heavy (non-hydrogen) atoms. The van der Waals surface area contributed by atoms with Gasteiger partial charge in [0, 0.05) is 4.91 Å². The SMILES string of the molecule is CCCCN[C@@](C)(CCC)N=N/C1=C(\S)CCCCCCCCCC1. The Morgan fingerprint density at radius 3 is 2.12 bits per heavy atom. The largest absolute Gasteiger partial charge is 0.292 e. The summed E-state index contributed by atoms with van der Waals surface area (Å²) >= 11 is 4.79. The molecule has 0 saturated carbocycles. The summed E-state index contributed by atoms with van der Waals surface area (Å²) in [5.41, 5.74) is 0.887. The van der Waals surface area contributed by atoms with Crippen LogP contribution in [0.3, 0.4) is 0 Å². The highest BCUT2D eigenvalue weighted by molar-refractivity contribution is 7.84. The number of hydrogen-bond acceptors (Lipinski definition) is 4. The quantitative estimate of drug-likeness (QED) is 0.262. The number of azo groups is 1. The van der Waals surface area contributed by atoms with E-state index in [0.29, 0.717) is 0 Å². The molecular formula is C21H41N3S. The van der Waals surface area contributed by atoms with E-state index in [9.17, 15) is 0 Å². The Kier molecular flexibility index (Phi) is 12.5. The Balaban J connectivity index is 2.77. The van der Waals surface area contributed by atoms with Gasteiger partial charge in [0.25, 0.3) is 0 Å². The van der Waals surface area contributed by atoms with Crippen molar-refractivity contribution in [3.05, 3.63) is 10.6 Å². The van der Waals surface area contributed by atoms with E-state index in [2.05, 4.69) is 26.1 Å². The summed E-state index contributed by atoms with van der Waals surface area (Å²) in [6.07, 6.45) is 17.2. The minimum absolute atomic E-state index is 0.241. The van der Waals surface area contributed by atoms with Crippen molar-refractivity contribution in [1.82, 2.24) is 5.32 Å². The lowest BCUT2D eigenvalue weighted by atomic mass is 10.0. The zero-order chi connectivity index (χ0) is 18.4. The van der Waals surface area contributed by atoms with Gasteiger partial charge in [-0.2, -0.15) is 10.2 Å².